The zero-order valence-corrected chi connectivity index (χ0v) is 30.0. The maximum Gasteiger partial charge on any atom is 0.338 e. The van der Waals surface area contributed by atoms with Gasteiger partial charge in [-0.1, -0.05) is 49.4 Å². The molecule has 3 heterocycles. The van der Waals surface area contributed by atoms with Crippen molar-refractivity contribution >= 4 is 29.4 Å². The quantitative estimate of drug-likeness (QED) is 0.128. The lowest BCUT2D eigenvalue weighted by Crippen LogP contribution is -2.39. The largest absolute Gasteiger partial charge is 0.494 e. The van der Waals surface area contributed by atoms with E-state index in [-0.39, 0.29) is 22.6 Å². The number of hydrogen-bond donors (Lipinski definition) is 0. The summed E-state index contributed by atoms with van der Waals surface area (Å²) in [4.78, 5) is 44.4. The molecule has 0 spiro atoms. The van der Waals surface area contributed by atoms with Crippen LogP contribution >= 0.6 is 11.3 Å². The third-order valence-electron chi connectivity index (χ3n) is 8.33. The number of allylic oxidation sites excluding steroid dienone is 1. The molecule has 0 saturated heterocycles. The van der Waals surface area contributed by atoms with Crippen LogP contribution in [0.25, 0.3) is 23.0 Å². The van der Waals surface area contributed by atoms with E-state index in [1.807, 2.05) is 60.8 Å². The first-order valence-corrected chi connectivity index (χ1v) is 17.2. The van der Waals surface area contributed by atoms with Gasteiger partial charge in [0, 0.05) is 24.2 Å². The maximum atomic E-state index is 14.4. The summed E-state index contributed by atoms with van der Waals surface area (Å²) in [5, 5.41) is 4.94. The Bertz CT molecular complexity index is 2300. The molecule has 1 aliphatic heterocycles. The van der Waals surface area contributed by atoms with E-state index < -0.39 is 18.0 Å². The lowest BCUT2D eigenvalue weighted by Gasteiger charge is -2.25. The van der Waals surface area contributed by atoms with Crippen molar-refractivity contribution in [3.63, 3.8) is 0 Å². The molecular weight excluding hydrogens is 669 g/mol. The van der Waals surface area contributed by atoms with Crippen LogP contribution in [0.4, 0.5) is 0 Å². The summed E-state index contributed by atoms with van der Waals surface area (Å²) in [5.41, 5.74) is 3.89. The number of hydrogen-bond acceptors (Lipinski definition) is 10. The second-order valence-corrected chi connectivity index (χ2v) is 13.4. The Morgan fingerprint density at radius 1 is 1.00 bits per heavy atom. The van der Waals surface area contributed by atoms with Gasteiger partial charge < -0.3 is 18.9 Å². The fourth-order valence-corrected chi connectivity index (χ4v) is 6.83. The minimum Gasteiger partial charge on any atom is -0.494 e. The monoisotopic (exact) mass is 706 g/mol. The molecule has 5 aromatic rings. The van der Waals surface area contributed by atoms with E-state index >= 15 is 0 Å². The van der Waals surface area contributed by atoms with Crippen LogP contribution in [0.1, 0.15) is 51.3 Å². The second-order valence-electron chi connectivity index (χ2n) is 12.3. The highest BCUT2D eigenvalue weighted by atomic mass is 32.1. The zero-order chi connectivity index (χ0) is 36.2. The third-order valence-corrected chi connectivity index (χ3v) is 9.31. The van der Waals surface area contributed by atoms with Crippen LogP contribution < -0.4 is 29.1 Å². The average molecular weight is 707 g/mol. The van der Waals surface area contributed by atoms with Crippen molar-refractivity contribution in [1.29, 1.82) is 0 Å². The highest BCUT2D eigenvalue weighted by Crippen LogP contribution is 2.36. The number of esters is 2. The van der Waals surface area contributed by atoms with Crippen LogP contribution in [0.2, 0.25) is 0 Å². The molecule has 12 heteroatoms. The van der Waals surface area contributed by atoms with Crippen molar-refractivity contribution in [3.05, 3.63) is 121 Å². The zero-order valence-electron chi connectivity index (χ0n) is 29.2. The van der Waals surface area contributed by atoms with Crippen molar-refractivity contribution in [2.75, 3.05) is 20.8 Å². The van der Waals surface area contributed by atoms with Gasteiger partial charge in [-0.2, -0.15) is 5.10 Å². The average Bonchev–Trinajstić information content (AvgIpc) is 3.68. The SMILES string of the molecule is COC(=O)C1=C(C)N=c2s/c(=C/c3cn(-c4ccccc4)nc3-c3ccc(OCCC(C)C)cc3)c(=O)n2[C@H]1c1ccc(OC(C)=O)c(OC)c1. The molecule has 3 aromatic carbocycles. The molecule has 6 rings (SSSR count). The standard InChI is InChI=1S/C39H38N4O7S/c1-23(2)18-19-49-30-15-12-26(13-16-30)35-28(22-42(41-35)29-10-8-7-9-11-29)21-33-37(45)43-36(34(38(46)48-6)24(3)40-39(43)51-33)27-14-17-31(50-25(4)44)32(20-27)47-5/h7-17,20-23,36H,18-19H2,1-6H3/b33-21+/t36-/m0/s1. The molecule has 0 N–H and O–H groups in total. The summed E-state index contributed by atoms with van der Waals surface area (Å²) < 4.78 is 25.6. The molecule has 1 aliphatic rings. The van der Waals surface area contributed by atoms with Crippen LogP contribution in [-0.4, -0.2) is 47.1 Å². The molecule has 1 atom stereocenters. The number of aromatic nitrogens is 3. The number of nitrogens with zero attached hydrogens (tertiary/aromatic N) is 4. The van der Waals surface area contributed by atoms with Gasteiger partial charge in [-0.25, -0.2) is 14.5 Å². The maximum absolute atomic E-state index is 14.4. The third kappa shape index (κ3) is 7.41. The normalized spacial score (nSPS) is 14.3. The molecule has 0 saturated carbocycles. The summed E-state index contributed by atoms with van der Waals surface area (Å²) in [6, 6.07) is 21.5. The molecule has 0 bridgehead atoms. The van der Waals surface area contributed by atoms with E-state index in [1.54, 1.807) is 35.9 Å². The summed E-state index contributed by atoms with van der Waals surface area (Å²) in [6.45, 7) is 7.95. The van der Waals surface area contributed by atoms with Crippen LogP contribution in [-0.2, 0) is 14.3 Å². The number of carbonyl (C=O) groups is 2. The van der Waals surface area contributed by atoms with Crippen LogP contribution in [0.5, 0.6) is 17.2 Å². The number of rotatable bonds is 11. The molecular formula is C39H38N4O7S. The fraction of sp³-hybridized carbons (Fsp3) is 0.256. The first-order chi connectivity index (χ1) is 24.6. The molecule has 0 aliphatic carbocycles. The van der Waals surface area contributed by atoms with E-state index in [0.717, 1.165) is 23.4 Å². The van der Waals surface area contributed by atoms with Gasteiger partial charge in [0.15, 0.2) is 16.3 Å². The number of fused-ring (bicyclic) bond motifs is 1. The molecule has 2 aromatic heterocycles. The number of carbonyl (C=O) groups excluding carboxylic acids is 2. The highest BCUT2D eigenvalue weighted by molar-refractivity contribution is 7.07. The van der Waals surface area contributed by atoms with Crippen molar-refractivity contribution in [3.8, 4) is 34.2 Å². The van der Waals surface area contributed by atoms with Crippen LogP contribution in [0, 0.1) is 5.92 Å². The van der Waals surface area contributed by atoms with E-state index in [0.29, 0.717) is 44.4 Å². The van der Waals surface area contributed by atoms with Gasteiger partial charge in [-0.05, 0) is 79.4 Å². The number of thiazole rings is 1. The number of ether oxygens (including phenoxy) is 4. The molecule has 0 amide bonds. The number of benzene rings is 3. The van der Waals surface area contributed by atoms with Crippen LogP contribution in [0.15, 0.2) is 100 Å². The van der Waals surface area contributed by atoms with E-state index in [2.05, 4.69) is 18.8 Å². The molecule has 0 fully saturated rings. The predicted molar refractivity (Wildman–Crippen MR) is 194 cm³/mol. The Hall–Kier alpha value is -5.75. The molecule has 51 heavy (non-hydrogen) atoms. The van der Waals surface area contributed by atoms with Crippen molar-refractivity contribution < 1.29 is 28.5 Å². The number of methoxy groups -OCH3 is 2. The Labute approximate surface area is 298 Å². The smallest absolute Gasteiger partial charge is 0.338 e. The Kier molecular flexibility index (Phi) is 10.3. The molecule has 0 unspecified atom stereocenters. The van der Waals surface area contributed by atoms with Crippen LogP contribution in [0.3, 0.4) is 0 Å². The Balaban J connectivity index is 1.49. The summed E-state index contributed by atoms with van der Waals surface area (Å²) in [6.07, 6.45) is 4.65. The van der Waals surface area contributed by atoms with Gasteiger partial charge >= 0.3 is 11.9 Å². The topological polar surface area (TPSA) is 123 Å². The predicted octanol–water partition coefficient (Wildman–Crippen LogP) is 5.62. The van der Waals surface area contributed by atoms with Gasteiger partial charge in [0.25, 0.3) is 5.56 Å². The Morgan fingerprint density at radius 2 is 1.75 bits per heavy atom. The first-order valence-electron chi connectivity index (χ1n) is 16.4. The molecule has 11 nitrogen and oxygen atoms in total. The summed E-state index contributed by atoms with van der Waals surface area (Å²) >= 11 is 1.21. The van der Waals surface area contributed by atoms with Crippen molar-refractivity contribution in [1.82, 2.24) is 14.3 Å². The first kappa shape index (κ1) is 35.1. The van der Waals surface area contributed by atoms with Gasteiger partial charge in [-0.3, -0.25) is 14.2 Å². The summed E-state index contributed by atoms with van der Waals surface area (Å²) in [7, 11) is 2.73. The van der Waals surface area contributed by atoms with Crippen molar-refractivity contribution in [2.24, 2.45) is 10.9 Å². The van der Waals surface area contributed by atoms with Gasteiger partial charge in [0.2, 0.25) is 0 Å². The Morgan fingerprint density at radius 3 is 2.41 bits per heavy atom. The lowest BCUT2D eigenvalue weighted by molar-refractivity contribution is -0.136. The summed E-state index contributed by atoms with van der Waals surface area (Å²) in [5.74, 6) is 0.646. The van der Waals surface area contributed by atoms with Gasteiger partial charge in [-0.15, -0.1) is 0 Å². The molecule has 262 valence electrons. The minimum atomic E-state index is -0.897. The van der Waals surface area contributed by atoms with E-state index in [4.69, 9.17) is 24.0 Å². The fourth-order valence-electron chi connectivity index (χ4n) is 5.79. The van der Waals surface area contributed by atoms with Gasteiger partial charge in [0.1, 0.15) is 11.4 Å². The second kappa shape index (κ2) is 15.0. The van der Waals surface area contributed by atoms with Crippen molar-refractivity contribution in [2.45, 2.75) is 40.2 Å². The van der Waals surface area contributed by atoms with E-state index in [1.165, 1.54) is 37.0 Å². The van der Waals surface area contributed by atoms with Gasteiger partial charge in [0.05, 0.1) is 48.4 Å². The minimum absolute atomic E-state index is 0.201. The highest BCUT2D eigenvalue weighted by Gasteiger charge is 2.34. The van der Waals surface area contributed by atoms with E-state index in [9.17, 15) is 14.4 Å². The lowest BCUT2D eigenvalue weighted by atomic mass is 9.95. The molecule has 0 radical (unpaired) electrons. The number of para-hydroxylation sites is 1.